The molecule has 0 aliphatic rings. The fourth-order valence-corrected chi connectivity index (χ4v) is 2.61. The lowest BCUT2D eigenvalue weighted by atomic mass is 10.2. The van der Waals surface area contributed by atoms with E-state index in [0.29, 0.717) is 6.42 Å². The number of nitrogens with one attached hydrogen (secondary N) is 1. The minimum Gasteiger partial charge on any atom is -0.327 e. The maximum Gasteiger partial charge on any atom is 0.240 e. The fourth-order valence-electron chi connectivity index (χ4n) is 1.20. The molecule has 0 amide bonds. The van der Waals surface area contributed by atoms with Crippen molar-refractivity contribution in [2.24, 2.45) is 5.73 Å². The van der Waals surface area contributed by atoms with Crippen molar-refractivity contribution < 1.29 is 8.42 Å². The molecule has 1 aromatic carbocycles. The minimum atomic E-state index is -3.64. The largest absolute Gasteiger partial charge is 0.327 e. The Labute approximate surface area is 112 Å². The number of hydrogen-bond acceptors (Lipinski definition) is 4. The number of benzene rings is 1. The summed E-state index contributed by atoms with van der Waals surface area (Å²) in [6.45, 7) is 2.04. The molecule has 0 radical (unpaired) electrons. The van der Waals surface area contributed by atoms with Gasteiger partial charge in [0.15, 0.2) is 0 Å². The van der Waals surface area contributed by atoms with Gasteiger partial charge in [-0.2, -0.15) is 5.26 Å². The van der Waals surface area contributed by atoms with E-state index in [1.165, 1.54) is 18.2 Å². The second kappa shape index (κ2) is 6.16. The van der Waals surface area contributed by atoms with Crippen molar-refractivity contribution in [1.82, 2.24) is 4.72 Å². The first-order valence-electron chi connectivity index (χ1n) is 5.35. The molecule has 1 unspecified atom stereocenters. The smallest absolute Gasteiger partial charge is 0.240 e. The predicted molar refractivity (Wildman–Crippen MR) is 69.6 cm³/mol. The van der Waals surface area contributed by atoms with Gasteiger partial charge in [-0.1, -0.05) is 18.5 Å². The topological polar surface area (TPSA) is 96.0 Å². The zero-order valence-corrected chi connectivity index (χ0v) is 11.4. The Kier molecular flexibility index (Phi) is 5.11. The number of halogens is 1. The lowest BCUT2D eigenvalue weighted by molar-refractivity contribution is 0.564. The number of nitrogens with zero attached hydrogens (tertiary/aromatic N) is 1. The van der Waals surface area contributed by atoms with Gasteiger partial charge in [0.25, 0.3) is 0 Å². The standard InChI is InChI=1S/C11H14ClN3O2S/c1-2-9(14)7-15-18(16,17)10-4-3-8(6-13)11(12)5-10/h3-5,9,15H,2,7,14H2,1H3. The third kappa shape index (κ3) is 3.68. The molecule has 5 nitrogen and oxygen atoms in total. The van der Waals surface area contributed by atoms with Gasteiger partial charge in [0.1, 0.15) is 6.07 Å². The molecule has 98 valence electrons. The van der Waals surface area contributed by atoms with Crippen LogP contribution in [0.1, 0.15) is 18.9 Å². The van der Waals surface area contributed by atoms with E-state index in [2.05, 4.69) is 4.72 Å². The highest BCUT2D eigenvalue weighted by Crippen LogP contribution is 2.19. The first-order valence-corrected chi connectivity index (χ1v) is 7.21. The Morgan fingerprint density at radius 2 is 2.22 bits per heavy atom. The Bertz CT molecular complexity index is 566. The molecular weight excluding hydrogens is 274 g/mol. The molecule has 0 spiro atoms. The summed E-state index contributed by atoms with van der Waals surface area (Å²) in [5.41, 5.74) is 5.87. The van der Waals surface area contributed by atoms with E-state index in [1.807, 2.05) is 13.0 Å². The Morgan fingerprint density at radius 3 is 2.72 bits per heavy atom. The summed E-state index contributed by atoms with van der Waals surface area (Å²) in [6.07, 6.45) is 0.677. The van der Waals surface area contributed by atoms with Crippen LogP contribution in [0.15, 0.2) is 23.1 Å². The molecule has 0 fully saturated rings. The first-order chi connectivity index (χ1) is 8.40. The molecule has 0 aromatic heterocycles. The van der Waals surface area contributed by atoms with Crippen molar-refractivity contribution in [2.45, 2.75) is 24.3 Å². The molecule has 0 saturated heterocycles. The van der Waals surface area contributed by atoms with Crippen LogP contribution in [0.2, 0.25) is 5.02 Å². The monoisotopic (exact) mass is 287 g/mol. The Hall–Kier alpha value is -1.13. The van der Waals surface area contributed by atoms with Crippen LogP contribution in [0.5, 0.6) is 0 Å². The van der Waals surface area contributed by atoms with Crippen molar-refractivity contribution >= 4 is 21.6 Å². The normalized spacial score (nSPS) is 13.0. The van der Waals surface area contributed by atoms with Crippen LogP contribution in [0.25, 0.3) is 0 Å². The highest BCUT2D eigenvalue weighted by atomic mass is 35.5. The van der Waals surface area contributed by atoms with Gasteiger partial charge in [0.05, 0.1) is 15.5 Å². The Morgan fingerprint density at radius 1 is 1.56 bits per heavy atom. The molecular formula is C11H14ClN3O2S. The summed E-state index contributed by atoms with van der Waals surface area (Å²) in [7, 11) is -3.64. The molecule has 0 heterocycles. The maximum absolute atomic E-state index is 11.9. The van der Waals surface area contributed by atoms with Gasteiger partial charge in [-0.3, -0.25) is 0 Å². The van der Waals surface area contributed by atoms with Gasteiger partial charge in [0, 0.05) is 12.6 Å². The van der Waals surface area contributed by atoms with Crippen LogP contribution in [0, 0.1) is 11.3 Å². The predicted octanol–water partition coefficient (Wildman–Crippen LogP) is 1.23. The lowest BCUT2D eigenvalue weighted by Gasteiger charge is -2.11. The summed E-state index contributed by atoms with van der Waals surface area (Å²) < 4.78 is 26.2. The van der Waals surface area contributed by atoms with E-state index >= 15 is 0 Å². The maximum atomic E-state index is 11.9. The molecule has 3 N–H and O–H groups in total. The molecule has 0 aliphatic heterocycles. The molecule has 0 bridgehead atoms. The van der Waals surface area contributed by atoms with Crippen molar-refractivity contribution in [1.29, 1.82) is 5.26 Å². The number of rotatable bonds is 5. The fraction of sp³-hybridized carbons (Fsp3) is 0.364. The summed E-state index contributed by atoms with van der Waals surface area (Å²) >= 11 is 5.79. The van der Waals surface area contributed by atoms with Crippen molar-refractivity contribution in [3.8, 4) is 6.07 Å². The average Bonchev–Trinajstić information content (AvgIpc) is 2.35. The highest BCUT2D eigenvalue weighted by molar-refractivity contribution is 7.89. The van der Waals surface area contributed by atoms with Crippen LogP contribution < -0.4 is 10.5 Å². The van der Waals surface area contributed by atoms with Gasteiger partial charge < -0.3 is 5.73 Å². The van der Waals surface area contributed by atoms with Crippen molar-refractivity contribution in [3.63, 3.8) is 0 Å². The number of nitriles is 1. The number of sulfonamides is 1. The third-order valence-corrected chi connectivity index (χ3v) is 4.17. The minimum absolute atomic E-state index is 0.0230. The molecule has 18 heavy (non-hydrogen) atoms. The van der Waals surface area contributed by atoms with E-state index in [0.717, 1.165) is 0 Å². The van der Waals surface area contributed by atoms with E-state index in [-0.39, 0.29) is 28.1 Å². The van der Waals surface area contributed by atoms with Gasteiger partial charge in [-0.25, -0.2) is 13.1 Å². The number of hydrogen-bond donors (Lipinski definition) is 2. The average molecular weight is 288 g/mol. The van der Waals surface area contributed by atoms with Crippen LogP contribution in [-0.2, 0) is 10.0 Å². The third-order valence-electron chi connectivity index (χ3n) is 2.43. The summed E-state index contributed by atoms with van der Waals surface area (Å²) in [5, 5.41) is 8.82. The van der Waals surface area contributed by atoms with Gasteiger partial charge in [0.2, 0.25) is 10.0 Å². The first kappa shape index (κ1) is 14.9. The van der Waals surface area contributed by atoms with E-state index < -0.39 is 10.0 Å². The zero-order valence-electron chi connectivity index (χ0n) is 9.85. The molecule has 1 aromatic rings. The summed E-state index contributed by atoms with van der Waals surface area (Å²) in [6, 6.07) is 5.60. The van der Waals surface area contributed by atoms with E-state index in [1.54, 1.807) is 0 Å². The molecule has 1 rings (SSSR count). The van der Waals surface area contributed by atoms with Gasteiger partial charge in [-0.15, -0.1) is 0 Å². The second-order valence-corrected chi connectivity index (χ2v) is 5.95. The van der Waals surface area contributed by atoms with Crippen LogP contribution in [0.3, 0.4) is 0 Å². The lowest BCUT2D eigenvalue weighted by Crippen LogP contribution is -2.36. The van der Waals surface area contributed by atoms with Crippen molar-refractivity contribution in [3.05, 3.63) is 28.8 Å². The van der Waals surface area contributed by atoms with Crippen LogP contribution >= 0.6 is 11.6 Å². The molecule has 0 aliphatic carbocycles. The summed E-state index contributed by atoms with van der Waals surface area (Å²) in [5.74, 6) is 0. The molecule has 1 atom stereocenters. The second-order valence-electron chi connectivity index (χ2n) is 3.77. The number of nitrogens with two attached hydrogens (primary N) is 1. The van der Waals surface area contributed by atoms with Crippen molar-refractivity contribution in [2.75, 3.05) is 6.54 Å². The van der Waals surface area contributed by atoms with E-state index in [9.17, 15) is 8.42 Å². The van der Waals surface area contributed by atoms with Gasteiger partial charge in [-0.05, 0) is 24.6 Å². The van der Waals surface area contributed by atoms with Gasteiger partial charge >= 0.3 is 0 Å². The van der Waals surface area contributed by atoms with E-state index in [4.69, 9.17) is 22.6 Å². The molecule has 0 saturated carbocycles. The quantitative estimate of drug-likeness (QED) is 0.851. The Balaban J connectivity index is 2.93. The zero-order chi connectivity index (χ0) is 13.8. The van der Waals surface area contributed by atoms with Crippen LogP contribution in [0.4, 0.5) is 0 Å². The van der Waals surface area contributed by atoms with Crippen LogP contribution in [-0.4, -0.2) is 21.0 Å². The molecule has 7 heteroatoms. The summed E-state index contributed by atoms with van der Waals surface area (Å²) in [4.78, 5) is 0.0230. The SMILES string of the molecule is CCC(N)CNS(=O)(=O)c1ccc(C#N)c(Cl)c1. The highest BCUT2D eigenvalue weighted by Gasteiger charge is 2.16.